The highest BCUT2D eigenvalue weighted by Crippen LogP contribution is 1.98. The quantitative estimate of drug-likeness (QED) is 0.411. The molecule has 0 unspecified atom stereocenters. The predicted octanol–water partition coefficient (Wildman–Crippen LogP) is 3.44. The summed E-state index contributed by atoms with van der Waals surface area (Å²) in [4.78, 5) is 4.54. The van der Waals surface area contributed by atoms with Crippen LogP contribution in [-0.4, -0.2) is 12.3 Å². The van der Waals surface area contributed by atoms with Gasteiger partial charge in [-0.3, -0.25) is 4.99 Å². The van der Waals surface area contributed by atoms with Gasteiger partial charge in [-0.2, -0.15) is 0 Å². The standard InChI is InChI=1S/C10H21N/c1-4-7-9-11-10(6-3)8-5-2/h4-9H2,1-3H3. The van der Waals surface area contributed by atoms with Crippen molar-refractivity contribution in [3.8, 4) is 0 Å². The predicted molar refractivity (Wildman–Crippen MR) is 52.4 cm³/mol. The molecule has 0 N–H and O–H groups in total. The zero-order valence-electron chi connectivity index (χ0n) is 8.19. The van der Waals surface area contributed by atoms with Gasteiger partial charge in [0.05, 0.1) is 0 Å². The second-order valence-electron chi connectivity index (χ2n) is 2.91. The Morgan fingerprint density at radius 3 is 2.27 bits per heavy atom. The monoisotopic (exact) mass is 155 g/mol. The summed E-state index contributed by atoms with van der Waals surface area (Å²) in [6.45, 7) is 7.66. The largest absolute Gasteiger partial charge is 0.294 e. The van der Waals surface area contributed by atoms with Crippen molar-refractivity contribution in [2.75, 3.05) is 6.54 Å². The molecule has 0 bridgehead atoms. The van der Waals surface area contributed by atoms with Gasteiger partial charge < -0.3 is 0 Å². The van der Waals surface area contributed by atoms with Crippen molar-refractivity contribution in [2.24, 2.45) is 4.99 Å². The lowest BCUT2D eigenvalue weighted by molar-refractivity contribution is 0.799. The summed E-state index contributed by atoms with van der Waals surface area (Å²) in [5.74, 6) is 0. The van der Waals surface area contributed by atoms with E-state index in [0.29, 0.717) is 0 Å². The number of hydrogen-bond donors (Lipinski definition) is 0. The van der Waals surface area contributed by atoms with Crippen molar-refractivity contribution in [3.05, 3.63) is 0 Å². The fourth-order valence-electron chi connectivity index (χ4n) is 1.05. The maximum Gasteiger partial charge on any atom is 0.0388 e. The molecule has 0 amide bonds. The Morgan fingerprint density at radius 2 is 1.82 bits per heavy atom. The number of rotatable bonds is 6. The van der Waals surface area contributed by atoms with E-state index in [2.05, 4.69) is 25.8 Å². The molecule has 11 heavy (non-hydrogen) atoms. The highest BCUT2D eigenvalue weighted by atomic mass is 14.7. The Kier molecular flexibility index (Phi) is 7.54. The lowest BCUT2D eigenvalue weighted by Crippen LogP contribution is -1.96. The van der Waals surface area contributed by atoms with Crippen LogP contribution < -0.4 is 0 Å². The Hall–Kier alpha value is -0.330. The minimum Gasteiger partial charge on any atom is -0.294 e. The third kappa shape index (κ3) is 6.08. The molecule has 0 aromatic heterocycles. The average molecular weight is 155 g/mol. The van der Waals surface area contributed by atoms with Crippen LogP contribution in [0.15, 0.2) is 4.99 Å². The highest BCUT2D eigenvalue weighted by Gasteiger charge is 1.92. The molecular weight excluding hydrogens is 134 g/mol. The van der Waals surface area contributed by atoms with Crippen molar-refractivity contribution in [1.82, 2.24) is 0 Å². The third-order valence-electron chi connectivity index (χ3n) is 1.79. The molecule has 0 aromatic rings. The van der Waals surface area contributed by atoms with Gasteiger partial charge in [-0.1, -0.05) is 33.6 Å². The van der Waals surface area contributed by atoms with Crippen LogP contribution in [-0.2, 0) is 0 Å². The maximum absolute atomic E-state index is 4.54. The highest BCUT2D eigenvalue weighted by molar-refractivity contribution is 5.84. The van der Waals surface area contributed by atoms with Crippen molar-refractivity contribution in [1.29, 1.82) is 0 Å². The van der Waals surface area contributed by atoms with E-state index in [-0.39, 0.29) is 0 Å². The van der Waals surface area contributed by atoms with Gasteiger partial charge >= 0.3 is 0 Å². The summed E-state index contributed by atoms with van der Waals surface area (Å²) in [5.41, 5.74) is 1.40. The van der Waals surface area contributed by atoms with Gasteiger partial charge in [0.15, 0.2) is 0 Å². The van der Waals surface area contributed by atoms with Crippen molar-refractivity contribution in [3.63, 3.8) is 0 Å². The van der Waals surface area contributed by atoms with E-state index in [1.807, 2.05) is 0 Å². The van der Waals surface area contributed by atoms with Crippen LogP contribution in [0.3, 0.4) is 0 Å². The molecule has 0 radical (unpaired) electrons. The molecule has 1 heteroatoms. The maximum atomic E-state index is 4.54. The Morgan fingerprint density at radius 1 is 1.09 bits per heavy atom. The van der Waals surface area contributed by atoms with E-state index in [4.69, 9.17) is 0 Å². The van der Waals surface area contributed by atoms with Gasteiger partial charge in [-0.05, 0) is 19.3 Å². The summed E-state index contributed by atoms with van der Waals surface area (Å²) in [7, 11) is 0. The molecular formula is C10H21N. The third-order valence-corrected chi connectivity index (χ3v) is 1.79. The average Bonchev–Trinajstić information content (AvgIpc) is 2.03. The molecule has 0 aliphatic rings. The van der Waals surface area contributed by atoms with Crippen molar-refractivity contribution in [2.45, 2.75) is 52.9 Å². The lowest BCUT2D eigenvalue weighted by atomic mass is 10.2. The molecule has 0 rings (SSSR count). The first-order chi connectivity index (χ1) is 5.35. The molecule has 0 aliphatic carbocycles. The zero-order chi connectivity index (χ0) is 8.53. The molecule has 0 heterocycles. The Labute approximate surface area is 70.9 Å². The first kappa shape index (κ1) is 10.7. The van der Waals surface area contributed by atoms with E-state index < -0.39 is 0 Å². The van der Waals surface area contributed by atoms with Gasteiger partial charge in [0.25, 0.3) is 0 Å². The fourth-order valence-corrected chi connectivity index (χ4v) is 1.05. The van der Waals surface area contributed by atoms with Gasteiger partial charge in [0.2, 0.25) is 0 Å². The van der Waals surface area contributed by atoms with Crippen molar-refractivity contribution < 1.29 is 0 Å². The Bertz CT molecular complexity index is 105. The summed E-state index contributed by atoms with van der Waals surface area (Å²) < 4.78 is 0. The molecule has 0 aromatic carbocycles. The second kappa shape index (κ2) is 7.77. The van der Waals surface area contributed by atoms with E-state index in [1.165, 1.54) is 31.4 Å². The van der Waals surface area contributed by atoms with Crippen LogP contribution in [0.25, 0.3) is 0 Å². The molecule has 1 nitrogen and oxygen atoms in total. The molecule has 0 atom stereocenters. The van der Waals surface area contributed by atoms with Crippen LogP contribution in [0.4, 0.5) is 0 Å². The molecule has 0 saturated heterocycles. The van der Waals surface area contributed by atoms with Gasteiger partial charge in [0.1, 0.15) is 0 Å². The minimum absolute atomic E-state index is 1.04. The lowest BCUT2D eigenvalue weighted by Gasteiger charge is -2.00. The number of unbranched alkanes of at least 4 members (excludes halogenated alkanes) is 1. The molecule has 0 spiro atoms. The van der Waals surface area contributed by atoms with E-state index >= 15 is 0 Å². The molecule has 0 aliphatic heterocycles. The molecule has 0 saturated carbocycles. The van der Waals surface area contributed by atoms with Crippen LogP contribution in [0.1, 0.15) is 52.9 Å². The Balaban J connectivity index is 3.52. The van der Waals surface area contributed by atoms with Crippen LogP contribution in [0.2, 0.25) is 0 Å². The molecule has 66 valence electrons. The van der Waals surface area contributed by atoms with Crippen LogP contribution in [0, 0.1) is 0 Å². The van der Waals surface area contributed by atoms with Gasteiger partial charge in [-0.15, -0.1) is 0 Å². The van der Waals surface area contributed by atoms with E-state index in [0.717, 1.165) is 13.0 Å². The fraction of sp³-hybridized carbons (Fsp3) is 0.900. The summed E-state index contributed by atoms with van der Waals surface area (Å²) in [6.07, 6.45) is 6.07. The normalized spacial score (nSPS) is 12.1. The smallest absolute Gasteiger partial charge is 0.0388 e. The van der Waals surface area contributed by atoms with E-state index in [1.54, 1.807) is 0 Å². The van der Waals surface area contributed by atoms with Gasteiger partial charge in [-0.25, -0.2) is 0 Å². The minimum atomic E-state index is 1.04. The number of aliphatic imine (C=N–C) groups is 1. The zero-order valence-corrected chi connectivity index (χ0v) is 8.19. The summed E-state index contributed by atoms with van der Waals surface area (Å²) >= 11 is 0. The number of hydrogen-bond acceptors (Lipinski definition) is 1. The van der Waals surface area contributed by atoms with Gasteiger partial charge in [0, 0.05) is 12.3 Å². The SMILES string of the molecule is CCCCN=C(CC)CCC. The van der Waals surface area contributed by atoms with Crippen LogP contribution >= 0.6 is 0 Å². The topological polar surface area (TPSA) is 12.4 Å². The first-order valence-electron chi connectivity index (χ1n) is 4.87. The van der Waals surface area contributed by atoms with Crippen molar-refractivity contribution >= 4 is 5.71 Å². The molecule has 0 fully saturated rings. The van der Waals surface area contributed by atoms with Crippen LogP contribution in [0.5, 0.6) is 0 Å². The summed E-state index contributed by atoms with van der Waals surface area (Å²) in [5, 5.41) is 0. The van der Waals surface area contributed by atoms with E-state index in [9.17, 15) is 0 Å². The summed E-state index contributed by atoms with van der Waals surface area (Å²) in [6, 6.07) is 0. The second-order valence-corrected chi connectivity index (χ2v) is 2.91. The first-order valence-corrected chi connectivity index (χ1v) is 4.87. The number of nitrogens with zero attached hydrogens (tertiary/aromatic N) is 1.